The fraction of sp³-hybridized carbons (Fsp3) is 0. The molecule has 2 amide bonds. The van der Waals surface area contributed by atoms with Gasteiger partial charge in [-0.25, -0.2) is 14.2 Å². The van der Waals surface area contributed by atoms with Crippen LogP contribution in [0.25, 0.3) is 0 Å². The molecule has 0 radical (unpaired) electrons. The van der Waals surface area contributed by atoms with Crippen LogP contribution in [-0.2, 0) is 0 Å². The number of nitrogens with one attached hydrogen (secondary N) is 2. The molecule has 0 fully saturated rings. The van der Waals surface area contributed by atoms with E-state index in [1.807, 2.05) is 0 Å². The molecule has 0 aliphatic rings. The van der Waals surface area contributed by atoms with E-state index in [2.05, 4.69) is 15.6 Å². The van der Waals surface area contributed by atoms with Crippen molar-refractivity contribution in [3.8, 4) is 0 Å². The highest BCUT2D eigenvalue weighted by molar-refractivity contribution is 5.99. The molecule has 0 atom stereocenters. The molecule has 2 rings (SSSR count). The van der Waals surface area contributed by atoms with Gasteiger partial charge in [0, 0.05) is 11.9 Å². The van der Waals surface area contributed by atoms with Gasteiger partial charge in [-0.05, 0) is 36.4 Å². The summed E-state index contributed by atoms with van der Waals surface area (Å²) in [5.74, 6) is 0.104. The number of carbonyl (C=O) groups excluding carboxylic acids is 1. The third-order valence-corrected chi connectivity index (χ3v) is 2.01. The molecule has 2 aromatic rings. The molecule has 17 heavy (non-hydrogen) atoms. The number of carbonyl (C=O) groups is 1. The predicted molar refractivity (Wildman–Crippen MR) is 63.3 cm³/mol. The standard InChI is InChI=1S/C12H10FN3O/c13-9-4-6-10(7-5-9)15-12(17)16-11-3-1-2-8-14-11/h1-8H,(H2,14,15,16,17). The maximum Gasteiger partial charge on any atom is 0.324 e. The molecule has 0 saturated carbocycles. The van der Waals surface area contributed by atoms with Crippen molar-refractivity contribution in [2.75, 3.05) is 10.6 Å². The van der Waals surface area contributed by atoms with Crippen LogP contribution in [0, 0.1) is 5.82 Å². The van der Waals surface area contributed by atoms with Gasteiger partial charge < -0.3 is 5.32 Å². The third kappa shape index (κ3) is 3.27. The van der Waals surface area contributed by atoms with E-state index in [4.69, 9.17) is 0 Å². The van der Waals surface area contributed by atoms with Crippen LogP contribution in [0.2, 0.25) is 0 Å². The summed E-state index contributed by atoms with van der Waals surface area (Å²) in [5, 5.41) is 5.11. The third-order valence-electron chi connectivity index (χ3n) is 2.01. The Labute approximate surface area is 97.5 Å². The van der Waals surface area contributed by atoms with Crippen LogP contribution >= 0.6 is 0 Å². The molecule has 2 N–H and O–H groups in total. The largest absolute Gasteiger partial charge is 0.324 e. The van der Waals surface area contributed by atoms with E-state index in [9.17, 15) is 9.18 Å². The molecule has 0 saturated heterocycles. The number of hydrogen-bond acceptors (Lipinski definition) is 2. The summed E-state index contributed by atoms with van der Waals surface area (Å²) in [6.45, 7) is 0. The predicted octanol–water partition coefficient (Wildman–Crippen LogP) is 2.86. The van der Waals surface area contributed by atoms with Crippen molar-refractivity contribution in [1.29, 1.82) is 0 Å². The van der Waals surface area contributed by atoms with Gasteiger partial charge in [-0.1, -0.05) is 6.07 Å². The molecule has 4 nitrogen and oxygen atoms in total. The number of nitrogens with zero attached hydrogens (tertiary/aromatic N) is 1. The second kappa shape index (κ2) is 5.07. The quantitative estimate of drug-likeness (QED) is 0.834. The molecular formula is C12H10FN3O. The minimum Gasteiger partial charge on any atom is -0.308 e. The maximum atomic E-state index is 12.6. The topological polar surface area (TPSA) is 54.0 Å². The van der Waals surface area contributed by atoms with Crippen molar-refractivity contribution < 1.29 is 9.18 Å². The Morgan fingerprint density at radius 3 is 2.47 bits per heavy atom. The monoisotopic (exact) mass is 231 g/mol. The number of anilines is 2. The van der Waals surface area contributed by atoms with Gasteiger partial charge in [-0.2, -0.15) is 0 Å². The Hall–Kier alpha value is -2.43. The van der Waals surface area contributed by atoms with Crippen LogP contribution in [0.3, 0.4) is 0 Å². The highest BCUT2D eigenvalue weighted by Crippen LogP contribution is 2.09. The SMILES string of the molecule is O=C(Nc1ccc(F)cc1)Nc1ccccn1. The summed E-state index contributed by atoms with van der Waals surface area (Å²) in [7, 11) is 0. The molecule has 1 aromatic carbocycles. The lowest BCUT2D eigenvalue weighted by atomic mass is 10.3. The number of hydrogen-bond donors (Lipinski definition) is 2. The normalized spacial score (nSPS) is 9.71. The highest BCUT2D eigenvalue weighted by Gasteiger charge is 2.02. The summed E-state index contributed by atoms with van der Waals surface area (Å²) in [5.41, 5.74) is 0.514. The Bertz CT molecular complexity index is 499. The average molecular weight is 231 g/mol. The minimum absolute atomic E-state index is 0.347. The Balaban J connectivity index is 1.96. The summed E-state index contributed by atoms with van der Waals surface area (Å²) in [6.07, 6.45) is 1.58. The van der Waals surface area contributed by atoms with Gasteiger partial charge in [0.25, 0.3) is 0 Å². The van der Waals surface area contributed by atoms with E-state index in [1.54, 1.807) is 24.4 Å². The van der Waals surface area contributed by atoms with Crippen LogP contribution in [0.1, 0.15) is 0 Å². The van der Waals surface area contributed by atoms with Crippen LogP contribution in [0.15, 0.2) is 48.7 Å². The van der Waals surface area contributed by atoms with Crippen LogP contribution in [0.5, 0.6) is 0 Å². The summed E-state index contributed by atoms with van der Waals surface area (Å²) in [4.78, 5) is 15.5. The molecule has 0 bridgehead atoms. The Morgan fingerprint density at radius 1 is 1.06 bits per heavy atom. The zero-order valence-electron chi connectivity index (χ0n) is 8.85. The van der Waals surface area contributed by atoms with Gasteiger partial charge in [0.15, 0.2) is 0 Å². The second-order valence-corrected chi connectivity index (χ2v) is 3.30. The second-order valence-electron chi connectivity index (χ2n) is 3.30. The maximum absolute atomic E-state index is 12.6. The molecule has 1 heterocycles. The lowest BCUT2D eigenvalue weighted by molar-refractivity contribution is 0.262. The van der Waals surface area contributed by atoms with E-state index >= 15 is 0 Å². The van der Waals surface area contributed by atoms with Gasteiger partial charge in [0.05, 0.1) is 0 Å². The Morgan fingerprint density at radius 2 is 1.82 bits per heavy atom. The summed E-state index contributed by atoms with van der Waals surface area (Å²) >= 11 is 0. The van der Waals surface area contributed by atoms with Gasteiger partial charge >= 0.3 is 6.03 Å². The lowest BCUT2D eigenvalue weighted by Gasteiger charge is -2.06. The van der Waals surface area contributed by atoms with E-state index < -0.39 is 6.03 Å². The van der Waals surface area contributed by atoms with E-state index in [-0.39, 0.29) is 5.82 Å². The average Bonchev–Trinajstić information content (AvgIpc) is 2.33. The highest BCUT2D eigenvalue weighted by atomic mass is 19.1. The Kier molecular flexibility index (Phi) is 3.30. The van der Waals surface area contributed by atoms with Crippen molar-refractivity contribution in [3.63, 3.8) is 0 Å². The number of aromatic nitrogens is 1. The number of rotatable bonds is 2. The van der Waals surface area contributed by atoms with Crippen molar-refractivity contribution in [3.05, 3.63) is 54.5 Å². The molecule has 0 spiro atoms. The van der Waals surface area contributed by atoms with Gasteiger partial charge in [0.1, 0.15) is 11.6 Å². The summed E-state index contributed by atoms with van der Waals surface area (Å²) < 4.78 is 12.6. The lowest BCUT2D eigenvalue weighted by Crippen LogP contribution is -2.19. The number of urea groups is 1. The van der Waals surface area contributed by atoms with Gasteiger partial charge in [0.2, 0.25) is 0 Å². The first-order valence-electron chi connectivity index (χ1n) is 4.98. The number of benzene rings is 1. The molecule has 0 aliphatic carbocycles. The first kappa shape index (κ1) is 11.1. The fourth-order valence-electron chi connectivity index (χ4n) is 1.25. The fourth-order valence-corrected chi connectivity index (χ4v) is 1.25. The van der Waals surface area contributed by atoms with Gasteiger partial charge in [-0.15, -0.1) is 0 Å². The van der Waals surface area contributed by atoms with Crippen LogP contribution in [0.4, 0.5) is 20.7 Å². The van der Waals surface area contributed by atoms with Crippen LogP contribution in [-0.4, -0.2) is 11.0 Å². The van der Waals surface area contributed by atoms with E-state index in [1.165, 1.54) is 24.3 Å². The number of halogens is 1. The molecule has 0 aliphatic heterocycles. The molecule has 0 unspecified atom stereocenters. The zero-order chi connectivity index (χ0) is 12.1. The summed E-state index contributed by atoms with van der Waals surface area (Å²) in [6, 6.07) is 10.3. The number of amides is 2. The molecule has 1 aromatic heterocycles. The van der Waals surface area contributed by atoms with E-state index in [0.717, 1.165) is 0 Å². The minimum atomic E-state index is -0.421. The van der Waals surface area contributed by atoms with Crippen molar-refractivity contribution in [2.24, 2.45) is 0 Å². The van der Waals surface area contributed by atoms with Crippen molar-refractivity contribution >= 4 is 17.5 Å². The van der Waals surface area contributed by atoms with Gasteiger partial charge in [-0.3, -0.25) is 5.32 Å². The van der Waals surface area contributed by atoms with Crippen LogP contribution < -0.4 is 10.6 Å². The smallest absolute Gasteiger partial charge is 0.308 e. The van der Waals surface area contributed by atoms with Crippen molar-refractivity contribution in [1.82, 2.24) is 4.98 Å². The molecule has 86 valence electrons. The van der Waals surface area contributed by atoms with Crippen molar-refractivity contribution in [2.45, 2.75) is 0 Å². The first-order chi connectivity index (χ1) is 8.24. The van der Waals surface area contributed by atoms with E-state index in [0.29, 0.717) is 11.5 Å². The number of pyridine rings is 1. The first-order valence-corrected chi connectivity index (χ1v) is 4.98. The molecular weight excluding hydrogens is 221 g/mol. The molecule has 5 heteroatoms. The zero-order valence-corrected chi connectivity index (χ0v) is 8.85.